The third-order valence-corrected chi connectivity index (χ3v) is 2.78. The van der Waals surface area contributed by atoms with Crippen LogP contribution < -0.4 is 5.32 Å². The van der Waals surface area contributed by atoms with Gasteiger partial charge in [0, 0.05) is 12.5 Å². The molecule has 0 heterocycles. The third-order valence-electron chi connectivity index (χ3n) is 2.78. The van der Waals surface area contributed by atoms with Gasteiger partial charge in [-0.15, -0.1) is 0 Å². The lowest BCUT2D eigenvalue weighted by Gasteiger charge is -2.13. The zero-order valence-electron chi connectivity index (χ0n) is 9.09. The van der Waals surface area contributed by atoms with E-state index >= 15 is 0 Å². The minimum atomic E-state index is -4.34. The number of rotatable bonds is 4. The molecule has 2 N–H and O–H groups in total. The van der Waals surface area contributed by atoms with Crippen LogP contribution >= 0.6 is 0 Å². The summed E-state index contributed by atoms with van der Waals surface area (Å²) in [6.45, 7) is 0. The van der Waals surface area contributed by atoms with Crippen molar-refractivity contribution in [2.24, 2.45) is 5.92 Å². The zero-order valence-corrected chi connectivity index (χ0v) is 9.09. The molecule has 2 atom stereocenters. The lowest BCUT2D eigenvalue weighted by molar-refractivity contribution is -0.144. The van der Waals surface area contributed by atoms with Crippen molar-refractivity contribution in [1.29, 1.82) is 0 Å². The van der Waals surface area contributed by atoms with Crippen LogP contribution in [-0.4, -0.2) is 29.2 Å². The molecule has 1 aliphatic rings. The highest BCUT2D eigenvalue weighted by Crippen LogP contribution is 2.26. The van der Waals surface area contributed by atoms with Crippen LogP contribution in [0.25, 0.3) is 0 Å². The van der Waals surface area contributed by atoms with Crippen molar-refractivity contribution < 1.29 is 27.9 Å². The zero-order chi connectivity index (χ0) is 13.1. The van der Waals surface area contributed by atoms with Gasteiger partial charge in [0.2, 0.25) is 5.91 Å². The standard InChI is InChI=1S/C10H14F3NO3/c11-10(12,13)4-3-8(15)14-7-2-1-6(5-7)9(16)17/h6-7H,1-5H2,(H,14,15)(H,16,17)/t6-,7+/m1/s1. The predicted molar refractivity (Wildman–Crippen MR) is 52.2 cm³/mol. The van der Waals surface area contributed by atoms with E-state index in [1.807, 2.05) is 0 Å². The number of alkyl halides is 3. The Labute approximate surface area is 96.2 Å². The molecule has 1 amide bonds. The molecule has 0 bridgehead atoms. The second-order valence-corrected chi connectivity index (χ2v) is 4.23. The van der Waals surface area contributed by atoms with Crippen molar-refractivity contribution in [3.8, 4) is 0 Å². The van der Waals surface area contributed by atoms with Gasteiger partial charge in [0.05, 0.1) is 12.3 Å². The van der Waals surface area contributed by atoms with Crippen molar-refractivity contribution in [3.05, 3.63) is 0 Å². The molecule has 4 nitrogen and oxygen atoms in total. The molecule has 7 heteroatoms. The number of nitrogens with one attached hydrogen (secondary N) is 1. The molecular weight excluding hydrogens is 239 g/mol. The van der Waals surface area contributed by atoms with Gasteiger partial charge < -0.3 is 10.4 Å². The quantitative estimate of drug-likeness (QED) is 0.801. The van der Waals surface area contributed by atoms with E-state index in [0.29, 0.717) is 19.3 Å². The third kappa shape index (κ3) is 5.06. The minimum Gasteiger partial charge on any atom is -0.481 e. The van der Waals surface area contributed by atoms with Crippen molar-refractivity contribution >= 4 is 11.9 Å². The smallest absolute Gasteiger partial charge is 0.389 e. The number of amides is 1. The molecule has 0 spiro atoms. The molecule has 0 aromatic rings. The van der Waals surface area contributed by atoms with Crippen molar-refractivity contribution in [2.45, 2.75) is 44.3 Å². The SMILES string of the molecule is O=C(CCC(F)(F)F)N[C@H]1CC[C@@H](C(=O)O)C1. The molecule has 0 saturated heterocycles. The summed E-state index contributed by atoms with van der Waals surface area (Å²) >= 11 is 0. The van der Waals surface area contributed by atoms with Gasteiger partial charge in [-0.2, -0.15) is 13.2 Å². The average molecular weight is 253 g/mol. The van der Waals surface area contributed by atoms with Crippen LogP contribution in [0.4, 0.5) is 13.2 Å². The fraction of sp³-hybridized carbons (Fsp3) is 0.800. The maximum atomic E-state index is 11.8. The van der Waals surface area contributed by atoms with Crippen LogP contribution in [0.15, 0.2) is 0 Å². The van der Waals surface area contributed by atoms with Crippen LogP contribution in [-0.2, 0) is 9.59 Å². The van der Waals surface area contributed by atoms with E-state index in [9.17, 15) is 22.8 Å². The Balaban J connectivity index is 2.26. The molecule has 0 aromatic carbocycles. The van der Waals surface area contributed by atoms with Crippen molar-refractivity contribution in [1.82, 2.24) is 5.32 Å². The van der Waals surface area contributed by atoms with Crippen LogP contribution in [0.5, 0.6) is 0 Å². The number of carbonyl (C=O) groups is 2. The van der Waals surface area contributed by atoms with Crippen molar-refractivity contribution in [3.63, 3.8) is 0 Å². The fourth-order valence-corrected chi connectivity index (χ4v) is 1.89. The lowest BCUT2D eigenvalue weighted by atomic mass is 10.1. The number of aliphatic carboxylic acids is 1. The van der Waals surface area contributed by atoms with Crippen LogP contribution in [0.2, 0.25) is 0 Å². The molecule has 98 valence electrons. The summed E-state index contributed by atoms with van der Waals surface area (Å²) < 4.78 is 35.5. The van der Waals surface area contributed by atoms with E-state index in [0.717, 1.165) is 0 Å². The summed E-state index contributed by atoms with van der Waals surface area (Å²) in [7, 11) is 0. The first-order chi connectivity index (χ1) is 7.78. The molecule has 1 aliphatic carbocycles. The number of carbonyl (C=O) groups excluding carboxylic acids is 1. The number of halogens is 3. The second kappa shape index (κ2) is 5.37. The maximum absolute atomic E-state index is 11.8. The Morgan fingerprint density at radius 3 is 2.41 bits per heavy atom. The average Bonchev–Trinajstić information content (AvgIpc) is 2.62. The Morgan fingerprint density at radius 1 is 1.29 bits per heavy atom. The Bertz CT molecular complexity index is 304. The Hall–Kier alpha value is -1.27. The summed E-state index contributed by atoms with van der Waals surface area (Å²) in [4.78, 5) is 21.8. The van der Waals surface area contributed by atoms with Gasteiger partial charge in [-0.25, -0.2) is 0 Å². The number of hydrogen-bond donors (Lipinski definition) is 2. The summed E-state index contributed by atoms with van der Waals surface area (Å²) in [5, 5.41) is 11.1. The molecule has 0 aromatic heterocycles. The van der Waals surface area contributed by atoms with Crippen molar-refractivity contribution in [2.75, 3.05) is 0 Å². The van der Waals surface area contributed by atoms with E-state index in [-0.39, 0.29) is 6.04 Å². The first-order valence-corrected chi connectivity index (χ1v) is 5.37. The summed E-state index contributed by atoms with van der Waals surface area (Å²) in [5.74, 6) is -2.08. The maximum Gasteiger partial charge on any atom is 0.389 e. The topological polar surface area (TPSA) is 66.4 Å². The monoisotopic (exact) mass is 253 g/mol. The lowest BCUT2D eigenvalue weighted by Crippen LogP contribution is -2.33. The van der Waals surface area contributed by atoms with E-state index in [2.05, 4.69) is 5.32 Å². The molecule has 17 heavy (non-hydrogen) atoms. The van der Waals surface area contributed by atoms with Gasteiger partial charge in [-0.05, 0) is 19.3 Å². The van der Waals surface area contributed by atoms with Crippen LogP contribution in [0, 0.1) is 5.92 Å². The van der Waals surface area contributed by atoms with Gasteiger partial charge in [-0.3, -0.25) is 9.59 Å². The highest BCUT2D eigenvalue weighted by atomic mass is 19.4. The molecule has 0 radical (unpaired) electrons. The first-order valence-electron chi connectivity index (χ1n) is 5.37. The van der Waals surface area contributed by atoms with Gasteiger partial charge in [0.1, 0.15) is 0 Å². The summed E-state index contributed by atoms with van der Waals surface area (Å²) in [5.41, 5.74) is 0. The largest absolute Gasteiger partial charge is 0.481 e. The number of carboxylic acids is 1. The Morgan fingerprint density at radius 2 is 1.94 bits per heavy atom. The highest BCUT2D eigenvalue weighted by molar-refractivity contribution is 5.76. The minimum absolute atomic E-state index is 0.299. The van der Waals surface area contributed by atoms with Crippen LogP contribution in [0.3, 0.4) is 0 Å². The normalized spacial score (nSPS) is 24.6. The molecule has 1 rings (SSSR count). The second-order valence-electron chi connectivity index (χ2n) is 4.23. The molecule has 1 fully saturated rings. The van der Waals surface area contributed by atoms with E-state index < -0.39 is 36.8 Å². The number of hydrogen-bond acceptors (Lipinski definition) is 2. The summed E-state index contributed by atoms with van der Waals surface area (Å²) in [6.07, 6.45) is -4.82. The van der Waals surface area contributed by atoms with Crippen LogP contribution in [0.1, 0.15) is 32.1 Å². The summed E-state index contributed by atoms with van der Waals surface area (Å²) in [6, 6.07) is -0.308. The first kappa shape index (κ1) is 13.8. The van der Waals surface area contributed by atoms with E-state index in [1.54, 1.807) is 0 Å². The Kier molecular flexibility index (Phi) is 4.36. The van der Waals surface area contributed by atoms with Gasteiger partial charge in [0.25, 0.3) is 0 Å². The predicted octanol–water partition coefficient (Wildman–Crippen LogP) is 1.70. The molecule has 1 saturated carbocycles. The highest BCUT2D eigenvalue weighted by Gasteiger charge is 2.32. The molecular formula is C10H14F3NO3. The van der Waals surface area contributed by atoms with Gasteiger partial charge in [-0.1, -0.05) is 0 Å². The fourth-order valence-electron chi connectivity index (χ4n) is 1.89. The molecule has 0 unspecified atom stereocenters. The molecule has 0 aliphatic heterocycles. The van der Waals surface area contributed by atoms with Gasteiger partial charge in [0.15, 0.2) is 0 Å². The van der Waals surface area contributed by atoms with E-state index in [1.165, 1.54) is 0 Å². The van der Waals surface area contributed by atoms with Gasteiger partial charge >= 0.3 is 12.1 Å². The van der Waals surface area contributed by atoms with E-state index in [4.69, 9.17) is 5.11 Å². The number of carboxylic acid groups (broad SMARTS) is 1.